The van der Waals surface area contributed by atoms with E-state index in [9.17, 15) is 17.6 Å². The first-order valence-electron chi connectivity index (χ1n) is 7.56. The number of anilines is 2. The number of carbonyl (C=O) groups excluding carboxylic acids is 1. The van der Waals surface area contributed by atoms with Gasteiger partial charge in [0.2, 0.25) is 15.9 Å². The minimum Gasteiger partial charge on any atom is -0.494 e. The Labute approximate surface area is 146 Å². The molecule has 1 amide bonds. The number of hydrogen-bond acceptors (Lipinski definition) is 4. The second kappa shape index (κ2) is 7.98. The van der Waals surface area contributed by atoms with Gasteiger partial charge in [-0.1, -0.05) is 12.1 Å². The van der Waals surface area contributed by atoms with E-state index in [2.05, 4.69) is 5.32 Å². The molecule has 0 aliphatic rings. The first-order chi connectivity index (χ1) is 11.8. The van der Waals surface area contributed by atoms with Crippen molar-refractivity contribution in [1.82, 2.24) is 0 Å². The van der Waals surface area contributed by atoms with Gasteiger partial charge in [0.1, 0.15) is 18.1 Å². The highest BCUT2D eigenvalue weighted by atomic mass is 32.2. The van der Waals surface area contributed by atoms with Crippen molar-refractivity contribution in [2.24, 2.45) is 0 Å². The largest absolute Gasteiger partial charge is 0.494 e. The van der Waals surface area contributed by atoms with Gasteiger partial charge < -0.3 is 10.1 Å². The molecule has 0 bridgehead atoms. The van der Waals surface area contributed by atoms with Gasteiger partial charge in [-0.05, 0) is 43.3 Å². The lowest BCUT2D eigenvalue weighted by molar-refractivity contribution is -0.114. The third-order valence-electron chi connectivity index (χ3n) is 3.26. The van der Waals surface area contributed by atoms with Crippen LogP contribution >= 0.6 is 0 Å². The monoisotopic (exact) mass is 366 g/mol. The second-order valence-electron chi connectivity index (χ2n) is 5.23. The van der Waals surface area contributed by atoms with Crippen LogP contribution < -0.4 is 14.4 Å². The summed E-state index contributed by atoms with van der Waals surface area (Å²) in [6.07, 6.45) is 0.920. The molecular formula is C17H19FN2O4S. The molecule has 2 aromatic carbocycles. The lowest BCUT2D eigenvalue weighted by Gasteiger charge is -2.22. The van der Waals surface area contributed by atoms with E-state index in [1.165, 1.54) is 18.2 Å². The van der Waals surface area contributed by atoms with E-state index < -0.39 is 28.3 Å². The molecule has 0 fully saturated rings. The lowest BCUT2D eigenvalue weighted by atomic mass is 10.3. The van der Waals surface area contributed by atoms with Crippen LogP contribution in [0.5, 0.6) is 5.75 Å². The Morgan fingerprint density at radius 2 is 1.80 bits per heavy atom. The van der Waals surface area contributed by atoms with Crippen LogP contribution in [0.2, 0.25) is 0 Å². The standard InChI is InChI=1S/C17H19FN2O4S/c1-3-24-14-10-8-13(9-11-14)19-17(21)12-20(25(2,22)23)16-7-5-4-6-15(16)18/h4-11H,3,12H2,1-2H3,(H,19,21). The van der Waals surface area contributed by atoms with Crippen LogP contribution in [0.15, 0.2) is 48.5 Å². The Balaban J connectivity index is 2.14. The van der Waals surface area contributed by atoms with Crippen molar-refractivity contribution in [1.29, 1.82) is 0 Å². The van der Waals surface area contributed by atoms with Gasteiger partial charge in [0.25, 0.3) is 0 Å². The number of para-hydroxylation sites is 1. The highest BCUT2D eigenvalue weighted by Crippen LogP contribution is 2.21. The first-order valence-corrected chi connectivity index (χ1v) is 9.41. The average Bonchev–Trinajstić information content (AvgIpc) is 2.55. The van der Waals surface area contributed by atoms with Gasteiger partial charge in [-0.15, -0.1) is 0 Å². The Morgan fingerprint density at radius 1 is 1.16 bits per heavy atom. The van der Waals surface area contributed by atoms with Gasteiger partial charge >= 0.3 is 0 Å². The zero-order valence-corrected chi connectivity index (χ0v) is 14.7. The fourth-order valence-corrected chi connectivity index (χ4v) is 3.02. The van der Waals surface area contributed by atoms with Crippen molar-refractivity contribution >= 4 is 27.3 Å². The van der Waals surface area contributed by atoms with Crippen molar-refractivity contribution in [2.75, 3.05) is 29.0 Å². The highest BCUT2D eigenvalue weighted by molar-refractivity contribution is 7.92. The number of benzene rings is 2. The molecule has 0 aliphatic carbocycles. The first kappa shape index (κ1) is 18.7. The summed E-state index contributed by atoms with van der Waals surface area (Å²) in [5.74, 6) is -0.649. The van der Waals surface area contributed by atoms with E-state index in [1.54, 1.807) is 24.3 Å². The molecule has 8 heteroatoms. The highest BCUT2D eigenvalue weighted by Gasteiger charge is 2.23. The Morgan fingerprint density at radius 3 is 2.36 bits per heavy atom. The minimum atomic E-state index is -3.83. The van der Waals surface area contributed by atoms with Gasteiger partial charge in [0.15, 0.2) is 0 Å². The number of ether oxygens (including phenoxy) is 1. The van der Waals surface area contributed by atoms with Crippen LogP contribution in [0.4, 0.5) is 15.8 Å². The van der Waals surface area contributed by atoms with Crippen molar-refractivity contribution in [3.8, 4) is 5.75 Å². The van der Waals surface area contributed by atoms with E-state index >= 15 is 0 Å². The van der Waals surface area contributed by atoms with Crippen molar-refractivity contribution in [3.63, 3.8) is 0 Å². The number of amides is 1. The summed E-state index contributed by atoms with van der Waals surface area (Å²) in [7, 11) is -3.83. The van der Waals surface area contributed by atoms with Crippen molar-refractivity contribution in [3.05, 3.63) is 54.3 Å². The molecular weight excluding hydrogens is 347 g/mol. The van der Waals surface area contributed by atoms with Crippen LogP contribution in [0.3, 0.4) is 0 Å². The van der Waals surface area contributed by atoms with Gasteiger partial charge in [0, 0.05) is 5.69 Å². The van der Waals surface area contributed by atoms with Gasteiger partial charge in [0.05, 0.1) is 18.6 Å². The van der Waals surface area contributed by atoms with Crippen LogP contribution in [0, 0.1) is 5.82 Å². The van der Waals surface area contributed by atoms with Crippen LogP contribution in [0.1, 0.15) is 6.92 Å². The average molecular weight is 366 g/mol. The fourth-order valence-electron chi connectivity index (χ4n) is 2.17. The van der Waals surface area contributed by atoms with E-state index in [4.69, 9.17) is 4.74 Å². The molecule has 0 radical (unpaired) electrons. The smallest absolute Gasteiger partial charge is 0.245 e. The van der Waals surface area contributed by atoms with Gasteiger partial charge in [-0.2, -0.15) is 0 Å². The molecule has 0 heterocycles. The number of nitrogens with one attached hydrogen (secondary N) is 1. The Kier molecular flexibility index (Phi) is 5.97. The summed E-state index contributed by atoms with van der Waals surface area (Å²) in [5.41, 5.74) is 0.308. The third kappa shape index (κ3) is 5.18. The quantitative estimate of drug-likeness (QED) is 0.817. The molecule has 1 N–H and O–H groups in total. The second-order valence-corrected chi connectivity index (χ2v) is 7.13. The molecule has 0 saturated carbocycles. The summed E-state index contributed by atoms with van der Waals surface area (Å²) >= 11 is 0. The third-order valence-corrected chi connectivity index (χ3v) is 4.38. The maximum Gasteiger partial charge on any atom is 0.245 e. The van der Waals surface area contributed by atoms with Crippen molar-refractivity contribution < 1.29 is 22.3 Å². The predicted octanol–water partition coefficient (Wildman–Crippen LogP) is 2.63. The molecule has 0 unspecified atom stereocenters. The zero-order valence-electron chi connectivity index (χ0n) is 13.9. The van der Waals surface area contributed by atoms with E-state index in [0.29, 0.717) is 18.0 Å². The molecule has 25 heavy (non-hydrogen) atoms. The lowest BCUT2D eigenvalue weighted by Crippen LogP contribution is -2.38. The maximum absolute atomic E-state index is 13.9. The Bertz CT molecular complexity index is 838. The summed E-state index contributed by atoms with van der Waals surface area (Å²) in [4.78, 5) is 12.2. The summed E-state index contributed by atoms with van der Waals surface area (Å²) in [6.45, 7) is 1.85. The SMILES string of the molecule is CCOc1ccc(NC(=O)CN(c2ccccc2F)S(C)(=O)=O)cc1. The molecule has 0 aromatic heterocycles. The van der Waals surface area contributed by atoms with Crippen LogP contribution in [-0.4, -0.2) is 33.7 Å². The molecule has 134 valence electrons. The Hall–Kier alpha value is -2.61. The molecule has 0 saturated heterocycles. The maximum atomic E-state index is 13.9. The molecule has 0 atom stereocenters. The fraction of sp³-hybridized carbons (Fsp3) is 0.235. The summed E-state index contributed by atoms with van der Waals surface area (Å²) < 4.78 is 43.8. The molecule has 0 aliphatic heterocycles. The molecule has 0 spiro atoms. The number of rotatable bonds is 7. The van der Waals surface area contributed by atoms with E-state index in [-0.39, 0.29) is 5.69 Å². The number of carbonyl (C=O) groups is 1. The van der Waals surface area contributed by atoms with E-state index in [0.717, 1.165) is 16.6 Å². The zero-order chi connectivity index (χ0) is 18.4. The number of nitrogens with zero attached hydrogens (tertiary/aromatic N) is 1. The van der Waals surface area contributed by atoms with Gasteiger partial charge in [-0.3, -0.25) is 9.10 Å². The number of hydrogen-bond donors (Lipinski definition) is 1. The number of sulfonamides is 1. The summed E-state index contributed by atoms with van der Waals surface area (Å²) in [6, 6.07) is 12.0. The molecule has 6 nitrogen and oxygen atoms in total. The van der Waals surface area contributed by atoms with Gasteiger partial charge in [-0.25, -0.2) is 12.8 Å². The normalized spacial score (nSPS) is 11.0. The van der Waals surface area contributed by atoms with Crippen molar-refractivity contribution in [2.45, 2.75) is 6.92 Å². The summed E-state index contributed by atoms with van der Waals surface area (Å²) in [5, 5.41) is 2.58. The molecule has 2 aromatic rings. The number of halogens is 1. The van der Waals surface area contributed by atoms with Crippen LogP contribution in [0.25, 0.3) is 0 Å². The molecule has 2 rings (SSSR count). The topological polar surface area (TPSA) is 75.7 Å². The van der Waals surface area contributed by atoms with E-state index in [1.807, 2.05) is 6.92 Å². The van der Waals surface area contributed by atoms with Crippen LogP contribution in [-0.2, 0) is 14.8 Å². The predicted molar refractivity (Wildman–Crippen MR) is 94.8 cm³/mol. The minimum absolute atomic E-state index is 0.174.